The van der Waals surface area contributed by atoms with Gasteiger partial charge in [-0.05, 0) is 73.6 Å². The summed E-state index contributed by atoms with van der Waals surface area (Å²) in [5, 5.41) is 17.8. The van der Waals surface area contributed by atoms with E-state index in [4.69, 9.17) is 22.4 Å². The number of pyridine rings is 1. The Morgan fingerprint density at radius 3 is 2.30 bits per heavy atom. The van der Waals surface area contributed by atoms with Crippen molar-refractivity contribution in [1.82, 2.24) is 4.98 Å². The van der Waals surface area contributed by atoms with E-state index in [1.165, 1.54) is 11.3 Å². The van der Waals surface area contributed by atoms with Gasteiger partial charge in [0.25, 0.3) is 0 Å². The monoisotopic (exact) mass is 432 g/mol. The Hall–Kier alpha value is -3.20. The fraction of sp³-hybridized carbons (Fsp3) is 0.125. The molecule has 6 heteroatoms. The van der Waals surface area contributed by atoms with Crippen LogP contribution >= 0.6 is 22.9 Å². The molecular formula is C24H21ClN4S. The summed E-state index contributed by atoms with van der Waals surface area (Å²) in [7, 11) is 0. The zero-order chi connectivity index (χ0) is 21.8. The van der Waals surface area contributed by atoms with Crippen molar-refractivity contribution < 1.29 is 0 Å². The molecule has 0 aliphatic rings. The summed E-state index contributed by atoms with van der Waals surface area (Å²) in [5.74, 6) is 6.84. The highest BCUT2D eigenvalue weighted by Gasteiger charge is 2.24. The number of nitrogens with one attached hydrogen (secondary N) is 2. The van der Waals surface area contributed by atoms with E-state index in [-0.39, 0.29) is 11.7 Å². The number of anilines is 1. The average molecular weight is 433 g/mol. The Morgan fingerprint density at radius 1 is 1.07 bits per heavy atom. The summed E-state index contributed by atoms with van der Waals surface area (Å²) in [5.41, 5.74) is 4.26. The van der Waals surface area contributed by atoms with E-state index in [2.05, 4.69) is 23.4 Å². The minimum Gasteiger partial charge on any atom is -0.288 e. The molecule has 3 aromatic rings. The van der Waals surface area contributed by atoms with Crippen LogP contribution < -0.4 is 4.90 Å². The van der Waals surface area contributed by atoms with E-state index in [0.717, 1.165) is 32.1 Å². The summed E-state index contributed by atoms with van der Waals surface area (Å²) in [6.45, 7) is 9.65. The third kappa shape index (κ3) is 4.51. The SMILES string of the molecule is C=C(c1ccc(Cl)cc1)c1c(N(C(C)=N)C(C)=N)sc(C#Cc2ccccn2)c1C. The fourth-order valence-electron chi connectivity index (χ4n) is 3.04. The summed E-state index contributed by atoms with van der Waals surface area (Å²) < 4.78 is 0. The van der Waals surface area contributed by atoms with Crippen molar-refractivity contribution >= 4 is 45.2 Å². The van der Waals surface area contributed by atoms with Crippen LogP contribution in [0.15, 0.2) is 55.2 Å². The molecule has 0 fully saturated rings. The highest BCUT2D eigenvalue weighted by atomic mass is 35.5. The van der Waals surface area contributed by atoms with Gasteiger partial charge in [0.15, 0.2) is 0 Å². The summed E-state index contributed by atoms with van der Waals surface area (Å²) in [6, 6.07) is 13.1. The predicted molar refractivity (Wildman–Crippen MR) is 128 cm³/mol. The molecule has 4 nitrogen and oxygen atoms in total. The first kappa shape index (κ1) is 21.5. The molecule has 2 aromatic heterocycles. The Kier molecular flexibility index (Phi) is 6.51. The van der Waals surface area contributed by atoms with Gasteiger partial charge in [-0.25, -0.2) is 4.98 Å². The van der Waals surface area contributed by atoms with Crippen molar-refractivity contribution in [3.8, 4) is 11.8 Å². The number of halogens is 1. The van der Waals surface area contributed by atoms with E-state index in [9.17, 15) is 0 Å². The number of amidine groups is 2. The highest BCUT2D eigenvalue weighted by Crippen LogP contribution is 2.42. The quantitative estimate of drug-likeness (QED) is 0.287. The number of hydrogen-bond donors (Lipinski definition) is 2. The Labute approximate surface area is 185 Å². The zero-order valence-corrected chi connectivity index (χ0v) is 18.6. The van der Waals surface area contributed by atoms with E-state index in [1.807, 2.05) is 49.4 Å². The van der Waals surface area contributed by atoms with Crippen LogP contribution in [0.1, 0.15) is 41.1 Å². The van der Waals surface area contributed by atoms with Crippen LogP contribution in [0.3, 0.4) is 0 Å². The molecule has 0 bridgehead atoms. The van der Waals surface area contributed by atoms with Crippen molar-refractivity contribution in [2.45, 2.75) is 20.8 Å². The molecular weight excluding hydrogens is 412 g/mol. The molecule has 0 radical (unpaired) electrons. The van der Waals surface area contributed by atoms with Gasteiger partial charge in [0.1, 0.15) is 22.4 Å². The fourth-order valence-corrected chi connectivity index (χ4v) is 4.46. The van der Waals surface area contributed by atoms with Crippen LogP contribution in [0.2, 0.25) is 5.02 Å². The third-order valence-corrected chi connectivity index (χ3v) is 5.91. The summed E-state index contributed by atoms with van der Waals surface area (Å²) >= 11 is 7.50. The molecule has 0 saturated carbocycles. The lowest BCUT2D eigenvalue weighted by atomic mass is 9.97. The normalized spacial score (nSPS) is 10.1. The van der Waals surface area contributed by atoms with Crippen LogP contribution in [-0.4, -0.2) is 16.7 Å². The highest BCUT2D eigenvalue weighted by molar-refractivity contribution is 7.17. The van der Waals surface area contributed by atoms with E-state index in [1.54, 1.807) is 24.9 Å². The molecule has 2 N–H and O–H groups in total. The number of hydrogen-bond acceptors (Lipinski definition) is 4. The van der Waals surface area contributed by atoms with Gasteiger partial charge in [0.2, 0.25) is 0 Å². The molecule has 0 spiro atoms. The van der Waals surface area contributed by atoms with E-state index >= 15 is 0 Å². The number of rotatable bonds is 3. The molecule has 1 aromatic carbocycles. The second-order valence-electron chi connectivity index (χ2n) is 6.69. The standard InChI is InChI=1S/C24H21ClN4S/c1-15(19-8-10-20(25)11-9-19)23-16(2)22(13-12-21-7-5-6-14-28-21)30-24(23)29(17(3)26)18(4)27/h5-11,14,26-27H,1H2,2-4H3. The van der Waals surface area contributed by atoms with Gasteiger partial charge in [-0.2, -0.15) is 0 Å². The Morgan fingerprint density at radius 2 is 1.73 bits per heavy atom. The molecule has 0 saturated heterocycles. The minimum atomic E-state index is 0.262. The minimum absolute atomic E-state index is 0.262. The van der Waals surface area contributed by atoms with Gasteiger partial charge in [-0.3, -0.25) is 15.7 Å². The van der Waals surface area contributed by atoms with Gasteiger partial charge < -0.3 is 0 Å². The Balaban J connectivity index is 2.18. The molecule has 30 heavy (non-hydrogen) atoms. The average Bonchev–Trinajstić information content (AvgIpc) is 3.02. The van der Waals surface area contributed by atoms with Crippen molar-refractivity contribution in [2.75, 3.05) is 4.90 Å². The zero-order valence-electron chi connectivity index (χ0n) is 17.0. The lowest BCUT2D eigenvalue weighted by molar-refractivity contribution is 1.28. The molecule has 0 aliphatic heterocycles. The van der Waals surface area contributed by atoms with Crippen molar-refractivity contribution in [3.05, 3.63) is 87.5 Å². The summed E-state index contributed by atoms with van der Waals surface area (Å²) in [4.78, 5) is 6.72. The smallest absolute Gasteiger partial charge is 0.113 e. The van der Waals surface area contributed by atoms with Crippen molar-refractivity contribution in [3.63, 3.8) is 0 Å². The first-order valence-corrected chi connectivity index (χ1v) is 10.4. The lowest BCUT2D eigenvalue weighted by Gasteiger charge is -2.22. The van der Waals surface area contributed by atoms with Crippen molar-refractivity contribution in [2.24, 2.45) is 0 Å². The molecule has 0 atom stereocenters. The number of benzene rings is 1. The van der Waals surface area contributed by atoms with Gasteiger partial charge in [-0.15, -0.1) is 11.3 Å². The maximum absolute atomic E-state index is 8.20. The lowest BCUT2D eigenvalue weighted by Crippen LogP contribution is -2.32. The Bertz CT molecular complexity index is 1170. The molecule has 2 heterocycles. The van der Waals surface area contributed by atoms with Crippen LogP contribution in [0.4, 0.5) is 5.00 Å². The first-order valence-electron chi connectivity index (χ1n) is 9.21. The van der Waals surface area contributed by atoms with Crippen LogP contribution in [0, 0.1) is 29.6 Å². The number of aromatic nitrogens is 1. The van der Waals surface area contributed by atoms with Gasteiger partial charge in [-0.1, -0.05) is 36.4 Å². The topological polar surface area (TPSA) is 63.8 Å². The second-order valence-corrected chi connectivity index (χ2v) is 8.13. The first-order chi connectivity index (χ1) is 14.3. The van der Waals surface area contributed by atoms with Gasteiger partial charge in [0.05, 0.1) is 4.88 Å². The van der Waals surface area contributed by atoms with Crippen LogP contribution in [0.5, 0.6) is 0 Å². The summed E-state index contributed by atoms with van der Waals surface area (Å²) in [6.07, 6.45) is 1.71. The van der Waals surface area contributed by atoms with Crippen LogP contribution in [0.25, 0.3) is 5.57 Å². The maximum atomic E-state index is 8.20. The van der Waals surface area contributed by atoms with Gasteiger partial charge in [0, 0.05) is 16.8 Å². The predicted octanol–water partition coefficient (Wildman–Crippen LogP) is 6.37. The van der Waals surface area contributed by atoms with Crippen LogP contribution in [-0.2, 0) is 0 Å². The molecule has 0 aliphatic carbocycles. The van der Waals surface area contributed by atoms with Gasteiger partial charge >= 0.3 is 0 Å². The number of nitrogens with zero attached hydrogens (tertiary/aromatic N) is 2. The van der Waals surface area contributed by atoms with Crippen molar-refractivity contribution in [1.29, 1.82) is 10.8 Å². The third-order valence-electron chi connectivity index (χ3n) is 4.47. The largest absolute Gasteiger partial charge is 0.288 e. The second kappa shape index (κ2) is 9.08. The number of thiophene rings is 1. The molecule has 3 rings (SSSR count). The molecule has 150 valence electrons. The van der Waals surface area contributed by atoms with E-state index < -0.39 is 0 Å². The molecule has 0 amide bonds. The maximum Gasteiger partial charge on any atom is 0.113 e. The molecule has 0 unspecified atom stereocenters. The van der Waals surface area contributed by atoms with E-state index in [0.29, 0.717) is 10.7 Å².